The van der Waals surface area contributed by atoms with Crippen molar-refractivity contribution in [2.75, 3.05) is 0 Å². The molecule has 4 nitrogen and oxygen atoms in total. The lowest BCUT2D eigenvalue weighted by Gasteiger charge is -2.38. The molecule has 0 saturated heterocycles. The van der Waals surface area contributed by atoms with Crippen molar-refractivity contribution in [3.8, 4) is 0 Å². The molecule has 0 radical (unpaired) electrons. The maximum Gasteiger partial charge on any atom is 0.328 e. The van der Waals surface area contributed by atoms with Crippen LogP contribution in [0, 0.1) is 0 Å². The van der Waals surface area contributed by atoms with Crippen molar-refractivity contribution in [1.29, 1.82) is 0 Å². The molecule has 0 aromatic carbocycles. The van der Waals surface area contributed by atoms with Crippen LogP contribution in [0.15, 0.2) is 24.8 Å². The average Bonchev–Trinajstić information content (AvgIpc) is 2.29. The molecule has 0 aliphatic rings. The first-order chi connectivity index (χ1) is 9.01. The van der Waals surface area contributed by atoms with E-state index < -0.39 is 20.4 Å². The highest BCUT2D eigenvalue weighted by molar-refractivity contribution is 6.74. The molecule has 0 rings (SSSR count). The summed E-state index contributed by atoms with van der Waals surface area (Å²) in [5.74, 6) is -1.42. The van der Waals surface area contributed by atoms with Crippen molar-refractivity contribution in [2.24, 2.45) is 0 Å². The maximum atomic E-state index is 12.1. The number of ketones is 1. The SMILES string of the molecule is C=CCC[C@H](O[Si](C)(C)C(C)(C)C)C(=O)/C=C/C(=O)O. The number of carbonyl (C=O) groups excluding carboxylic acids is 1. The van der Waals surface area contributed by atoms with E-state index in [-0.39, 0.29) is 10.8 Å². The fourth-order valence-corrected chi connectivity index (χ4v) is 2.62. The van der Waals surface area contributed by atoms with Gasteiger partial charge in [-0.1, -0.05) is 26.8 Å². The van der Waals surface area contributed by atoms with Gasteiger partial charge in [-0.2, -0.15) is 0 Å². The molecule has 0 amide bonds. The Kier molecular flexibility index (Phi) is 7.09. The van der Waals surface area contributed by atoms with E-state index in [9.17, 15) is 9.59 Å². The van der Waals surface area contributed by atoms with Crippen molar-refractivity contribution in [1.82, 2.24) is 0 Å². The van der Waals surface area contributed by atoms with Gasteiger partial charge in [0.15, 0.2) is 14.1 Å². The molecule has 114 valence electrons. The van der Waals surface area contributed by atoms with Crippen molar-refractivity contribution >= 4 is 20.1 Å². The summed E-state index contributed by atoms with van der Waals surface area (Å²) in [6, 6.07) is 0. The van der Waals surface area contributed by atoms with Crippen molar-refractivity contribution < 1.29 is 19.1 Å². The van der Waals surface area contributed by atoms with Gasteiger partial charge in [-0.15, -0.1) is 6.58 Å². The summed E-state index contributed by atoms with van der Waals surface area (Å²) in [7, 11) is -2.07. The predicted octanol–water partition coefficient (Wildman–Crippen LogP) is 3.55. The second-order valence-corrected chi connectivity index (χ2v) is 11.1. The minimum Gasteiger partial charge on any atom is -0.478 e. The molecule has 0 aromatic rings. The van der Waals surface area contributed by atoms with Gasteiger partial charge in [0, 0.05) is 6.08 Å². The van der Waals surface area contributed by atoms with E-state index in [0.29, 0.717) is 12.8 Å². The Balaban J connectivity index is 5.02. The number of rotatable bonds is 8. The van der Waals surface area contributed by atoms with Gasteiger partial charge in [0.25, 0.3) is 0 Å². The van der Waals surface area contributed by atoms with E-state index in [0.717, 1.165) is 12.2 Å². The summed E-state index contributed by atoms with van der Waals surface area (Å²) in [5.41, 5.74) is 0. The van der Waals surface area contributed by atoms with Gasteiger partial charge < -0.3 is 9.53 Å². The Bertz CT molecular complexity index is 391. The van der Waals surface area contributed by atoms with Crippen molar-refractivity contribution in [3.05, 3.63) is 24.8 Å². The standard InChI is InChI=1S/C15H26O4Si/c1-7-8-9-13(12(16)10-11-14(17)18)19-20(5,6)15(2,3)4/h7,10-11,13H,1,8-9H2,2-6H3,(H,17,18)/b11-10+/t13-/m0/s1. The Morgan fingerprint density at radius 1 is 1.30 bits per heavy atom. The van der Waals surface area contributed by atoms with Crippen LogP contribution in [-0.2, 0) is 14.0 Å². The Labute approximate surface area is 122 Å². The molecular formula is C15H26O4Si. The van der Waals surface area contributed by atoms with Gasteiger partial charge >= 0.3 is 5.97 Å². The molecule has 0 bridgehead atoms. The van der Waals surface area contributed by atoms with E-state index in [4.69, 9.17) is 9.53 Å². The predicted molar refractivity (Wildman–Crippen MR) is 83.3 cm³/mol. The van der Waals surface area contributed by atoms with Gasteiger partial charge in [0.2, 0.25) is 0 Å². The zero-order chi connectivity index (χ0) is 16.0. The third-order valence-corrected chi connectivity index (χ3v) is 8.07. The van der Waals surface area contributed by atoms with Crippen LogP contribution in [0.4, 0.5) is 0 Å². The Morgan fingerprint density at radius 2 is 1.85 bits per heavy atom. The number of hydrogen-bond donors (Lipinski definition) is 1. The number of allylic oxidation sites excluding steroid dienone is 1. The first kappa shape index (κ1) is 18.8. The minimum atomic E-state index is -2.07. The van der Waals surface area contributed by atoms with Crippen LogP contribution in [0.25, 0.3) is 0 Å². The smallest absolute Gasteiger partial charge is 0.328 e. The molecule has 0 unspecified atom stereocenters. The van der Waals surface area contributed by atoms with Crippen LogP contribution in [0.2, 0.25) is 18.1 Å². The molecule has 0 aliphatic heterocycles. The summed E-state index contributed by atoms with van der Waals surface area (Å²) in [6.07, 6.45) is 4.27. The number of carboxylic acids is 1. The lowest BCUT2D eigenvalue weighted by Crippen LogP contribution is -2.45. The van der Waals surface area contributed by atoms with Crippen molar-refractivity contribution in [3.63, 3.8) is 0 Å². The molecule has 1 atom stereocenters. The van der Waals surface area contributed by atoms with E-state index in [2.05, 4.69) is 40.4 Å². The summed E-state index contributed by atoms with van der Waals surface area (Å²) in [4.78, 5) is 22.6. The molecule has 20 heavy (non-hydrogen) atoms. The quantitative estimate of drug-likeness (QED) is 0.423. The monoisotopic (exact) mass is 298 g/mol. The van der Waals surface area contributed by atoms with Gasteiger partial charge in [-0.25, -0.2) is 4.79 Å². The van der Waals surface area contributed by atoms with Crippen LogP contribution in [0.3, 0.4) is 0 Å². The molecule has 0 saturated carbocycles. The first-order valence-electron chi connectivity index (χ1n) is 6.75. The van der Waals surface area contributed by atoms with Crippen LogP contribution in [-0.4, -0.2) is 31.3 Å². The molecule has 0 spiro atoms. The largest absolute Gasteiger partial charge is 0.478 e. The fraction of sp³-hybridized carbons (Fsp3) is 0.600. The van der Waals surface area contributed by atoms with Crippen molar-refractivity contribution in [2.45, 2.75) is 57.8 Å². The third-order valence-electron chi connectivity index (χ3n) is 3.58. The summed E-state index contributed by atoms with van der Waals surface area (Å²) in [6.45, 7) is 14.1. The van der Waals surface area contributed by atoms with Crippen LogP contribution < -0.4 is 0 Å². The highest BCUT2D eigenvalue weighted by Gasteiger charge is 2.40. The number of aliphatic carboxylic acids is 1. The van der Waals surface area contributed by atoms with Crippen LogP contribution in [0.5, 0.6) is 0 Å². The van der Waals surface area contributed by atoms with Gasteiger partial charge in [-0.05, 0) is 37.0 Å². The summed E-state index contributed by atoms with van der Waals surface area (Å²) >= 11 is 0. The van der Waals surface area contributed by atoms with Gasteiger partial charge in [-0.3, -0.25) is 4.79 Å². The zero-order valence-electron chi connectivity index (χ0n) is 13.1. The van der Waals surface area contributed by atoms with Gasteiger partial charge in [0.1, 0.15) is 6.10 Å². The Hall–Kier alpha value is -1.20. The number of carbonyl (C=O) groups is 2. The molecule has 0 fully saturated rings. The lowest BCUT2D eigenvalue weighted by atomic mass is 10.1. The molecule has 0 aromatic heterocycles. The van der Waals surface area contributed by atoms with E-state index in [1.807, 2.05) is 0 Å². The van der Waals surface area contributed by atoms with Crippen LogP contribution in [0.1, 0.15) is 33.6 Å². The topological polar surface area (TPSA) is 63.6 Å². The normalized spacial score (nSPS) is 14.2. The highest BCUT2D eigenvalue weighted by atomic mass is 28.4. The average molecular weight is 298 g/mol. The van der Waals surface area contributed by atoms with Crippen LogP contribution >= 0.6 is 0 Å². The fourth-order valence-electron chi connectivity index (χ4n) is 1.32. The zero-order valence-corrected chi connectivity index (χ0v) is 14.1. The van der Waals surface area contributed by atoms with Gasteiger partial charge in [0.05, 0.1) is 0 Å². The van der Waals surface area contributed by atoms with E-state index >= 15 is 0 Å². The lowest BCUT2D eigenvalue weighted by molar-refractivity contribution is -0.132. The summed E-state index contributed by atoms with van der Waals surface area (Å²) < 4.78 is 6.10. The summed E-state index contributed by atoms with van der Waals surface area (Å²) in [5, 5.41) is 8.59. The second kappa shape index (κ2) is 7.55. The van der Waals surface area contributed by atoms with E-state index in [1.54, 1.807) is 6.08 Å². The first-order valence-corrected chi connectivity index (χ1v) is 9.65. The second-order valence-electron chi connectivity index (χ2n) is 6.31. The number of hydrogen-bond acceptors (Lipinski definition) is 3. The molecular weight excluding hydrogens is 272 g/mol. The highest BCUT2D eigenvalue weighted by Crippen LogP contribution is 2.37. The Morgan fingerprint density at radius 3 is 2.25 bits per heavy atom. The molecule has 5 heteroatoms. The van der Waals surface area contributed by atoms with E-state index in [1.165, 1.54) is 0 Å². The number of carboxylic acid groups (broad SMARTS) is 1. The minimum absolute atomic E-state index is 0.00375. The molecule has 0 aliphatic carbocycles. The third kappa shape index (κ3) is 6.30. The molecule has 1 N–H and O–H groups in total. The maximum absolute atomic E-state index is 12.1. The molecule has 0 heterocycles.